The van der Waals surface area contributed by atoms with E-state index in [1.807, 2.05) is 0 Å². The molecular weight excluding hydrogens is 419 g/mol. The normalized spacial score (nSPS) is 11.6. The topological polar surface area (TPSA) is 137 Å². The molecule has 1 unspecified atom stereocenters. The third-order valence-corrected chi connectivity index (χ3v) is 4.49. The summed E-state index contributed by atoms with van der Waals surface area (Å²) in [6, 6.07) is 5.84. The summed E-state index contributed by atoms with van der Waals surface area (Å²) >= 11 is 17.5. The van der Waals surface area contributed by atoms with Gasteiger partial charge in [-0.15, -0.1) is 0 Å². The van der Waals surface area contributed by atoms with E-state index < -0.39 is 23.9 Å². The van der Waals surface area contributed by atoms with E-state index in [1.165, 1.54) is 31.2 Å². The standard InChI is InChI=1S/C16H13Cl3N4O4/c1-6(15(25)22-8-4-2-7(3-5-8)14(21)24)27-16(26)12-9(17)11(20)10(18)13(19)23-12/h2-6H,1H3,(H2,20,23)(H2,21,24)(H,22,25). The average Bonchev–Trinajstić information content (AvgIpc) is 2.63. The fraction of sp³-hybridized carbons (Fsp3) is 0.125. The summed E-state index contributed by atoms with van der Waals surface area (Å²) in [5, 5.41) is 1.97. The van der Waals surface area contributed by atoms with Gasteiger partial charge in [0.15, 0.2) is 17.0 Å². The fourth-order valence-corrected chi connectivity index (χ4v) is 2.48. The monoisotopic (exact) mass is 430 g/mol. The zero-order chi connectivity index (χ0) is 20.3. The molecule has 0 aliphatic heterocycles. The Morgan fingerprint density at radius 2 is 1.70 bits per heavy atom. The van der Waals surface area contributed by atoms with E-state index in [0.29, 0.717) is 5.69 Å². The molecule has 1 atom stereocenters. The predicted octanol–water partition coefficient (Wildman–Crippen LogP) is 2.91. The van der Waals surface area contributed by atoms with Crippen LogP contribution in [-0.4, -0.2) is 28.9 Å². The molecule has 1 aromatic carbocycles. The van der Waals surface area contributed by atoms with Crippen LogP contribution in [0.3, 0.4) is 0 Å². The van der Waals surface area contributed by atoms with Crippen molar-refractivity contribution in [2.45, 2.75) is 13.0 Å². The van der Waals surface area contributed by atoms with Crippen LogP contribution in [0.5, 0.6) is 0 Å². The Morgan fingerprint density at radius 3 is 2.26 bits per heavy atom. The van der Waals surface area contributed by atoms with E-state index in [-0.39, 0.29) is 32.1 Å². The zero-order valence-corrected chi connectivity index (χ0v) is 16.0. The van der Waals surface area contributed by atoms with Gasteiger partial charge in [-0.25, -0.2) is 9.78 Å². The number of hydrogen-bond acceptors (Lipinski definition) is 6. The lowest BCUT2D eigenvalue weighted by Gasteiger charge is -2.14. The van der Waals surface area contributed by atoms with Crippen molar-refractivity contribution >= 4 is 64.0 Å². The van der Waals surface area contributed by atoms with Gasteiger partial charge in [-0.1, -0.05) is 34.8 Å². The molecule has 8 nitrogen and oxygen atoms in total. The number of esters is 1. The first-order valence-corrected chi connectivity index (χ1v) is 8.46. The van der Waals surface area contributed by atoms with Gasteiger partial charge in [0.05, 0.1) is 10.7 Å². The maximum Gasteiger partial charge on any atom is 0.359 e. The molecule has 0 radical (unpaired) electrons. The van der Waals surface area contributed by atoms with E-state index in [1.54, 1.807) is 0 Å². The Labute approximate surface area is 168 Å². The first-order chi connectivity index (χ1) is 12.6. The van der Waals surface area contributed by atoms with Crippen LogP contribution < -0.4 is 16.8 Å². The van der Waals surface area contributed by atoms with Crippen LogP contribution in [0.4, 0.5) is 11.4 Å². The first-order valence-electron chi connectivity index (χ1n) is 7.33. The van der Waals surface area contributed by atoms with E-state index in [2.05, 4.69) is 10.3 Å². The van der Waals surface area contributed by atoms with E-state index in [9.17, 15) is 14.4 Å². The van der Waals surface area contributed by atoms with E-state index >= 15 is 0 Å². The summed E-state index contributed by atoms with van der Waals surface area (Å²) in [4.78, 5) is 39.1. The summed E-state index contributed by atoms with van der Waals surface area (Å²) in [6.45, 7) is 1.35. The number of nitrogens with one attached hydrogen (secondary N) is 1. The van der Waals surface area contributed by atoms with Gasteiger partial charge in [0.1, 0.15) is 5.02 Å². The molecule has 0 spiro atoms. The minimum atomic E-state index is -1.19. The first kappa shape index (κ1) is 20.8. The number of primary amides is 1. The largest absolute Gasteiger partial charge is 0.448 e. The Kier molecular flexibility index (Phi) is 6.48. The van der Waals surface area contributed by atoms with Crippen molar-refractivity contribution < 1.29 is 19.1 Å². The molecule has 5 N–H and O–H groups in total. The van der Waals surface area contributed by atoms with E-state index in [0.717, 1.165) is 0 Å². The number of nitrogens with two attached hydrogens (primary N) is 2. The minimum absolute atomic E-state index is 0.0941. The number of ether oxygens (including phenoxy) is 1. The fourth-order valence-electron chi connectivity index (χ4n) is 1.90. The van der Waals surface area contributed by atoms with Crippen LogP contribution in [0.15, 0.2) is 24.3 Å². The molecule has 1 aromatic heterocycles. The maximum atomic E-state index is 12.2. The third-order valence-electron chi connectivity index (χ3n) is 3.36. The lowest BCUT2D eigenvalue weighted by atomic mass is 10.2. The Balaban J connectivity index is 2.08. The number of benzene rings is 1. The van der Waals surface area contributed by atoms with Crippen molar-refractivity contribution in [3.63, 3.8) is 0 Å². The smallest absolute Gasteiger partial charge is 0.359 e. The van der Waals surface area contributed by atoms with Crippen molar-refractivity contribution in [1.82, 2.24) is 4.98 Å². The number of carbonyl (C=O) groups is 3. The SMILES string of the molecule is CC(OC(=O)c1nc(Cl)c(Cl)c(N)c1Cl)C(=O)Nc1ccc(C(N)=O)cc1. The number of amides is 2. The van der Waals surface area contributed by atoms with Crippen LogP contribution >= 0.6 is 34.8 Å². The molecule has 2 rings (SSSR count). The highest BCUT2D eigenvalue weighted by atomic mass is 35.5. The molecule has 142 valence electrons. The second-order valence-corrected chi connectivity index (χ2v) is 6.39. The maximum absolute atomic E-state index is 12.2. The summed E-state index contributed by atoms with van der Waals surface area (Å²) < 4.78 is 5.03. The second kappa shape index (κ2) is 8.43. The molecule has 0 bridgehead atoms. The predicted molar refractivity (Wildman–Crippen MR) is 102 cm³/mol. The van der Waals surface area contributed by atoms with Crippen molar-refractivity contribution in [3.05, 3.63) is 50.7 Å². The number of carbonyl (C=O) groups excluding carboxylic acids is 3. The van der Waals surface area contributed by atoms with Crippen LogP contribution in [-0.2, 0) is 9.53 Å². The van der Waals surface area contributed by atoms with Gasteiger partial charge in [0, 0.05) is 11.3 Å². The Morgan fingerprint density at radius 1 is 1.11 bits per heavy atom. The highest BCUT2D eigenvalue weighted by Gasteiger charge is 2.25. The second-order valence-electron chi connectivity index (χ2n) is 5.27. The third kappa shape index (κ3) is 4.79. The molecule has 2 amide bonds. The average molecular weight is 432 g/mol. The van der Waals surface area contributed by atoms with Crippen LogP contribution in [0.25, 0.3) is 0 Å². The van der Waals surface area contributed by atoms with Crippen LogP contribution in [0.1, 0.15) is 27.8 Å². The summed E-state index contributed by atoms with van der Waals surface area (Å²) in [5.41, 5.74) is 10.9. The summed E-state index contributed by atoms with van der Waals surface area (Å²) in [7, 11) is 0. The summed E-state index contributed by atoms with van der Waals surface area (Å²) in [5.74, 6) is -2.23. The quantitative estimate of drug-likeness (QED) is 0.491. The van der Waals surface area contributed by atoms with Gasteiger partial charge in [-0.2, -0.15) is 0 Å². The molecular formula is C16H13Cl3N4O4. The highest BCUT2D eigenvalue weighted by Crippen LogP contribution is 2.34. The van der Waals surface area contributed by atoms with Gasteiger partial charge in [0.2, 0.25) is 5.91 Å². The minimum Gasteiger partial charge on any atom is -0.448 e. The van der Waals surface area contributed by atoms with Gasteiger partial charge < -0.3 is 21.5 Å². The molecule has 0 saturated carbocycles. The molecule has 11 heteroatoms. The number of nitrogens with zero attached hydrogens (tertiary/aromatic N) is 1. The highest BCUT2D eigenvalue weighted by molar-refractivity contribution is 6.46. The van der Waals surface area contributed by atoms with Gasteiger partial charge >= 0.3 is 5.97 Å². The number of halogens is 3. The van der Waals surface area contributed by atoms with Crippen molar-refractivity contribution in [2.75, 3.05) is 11.1 Å². The number of hydrogen-bond donors (Lipinski definition) is 3. The molecule has 27 heavy (non-hydrogen) atoms. The molecule has 1 heterocycles. The molecule has 0 saturated heterocycles. The van der Waals surface area contributed by atoms with Gasteiger partial charge in [-0.05, 0) is 31.2 Å². The summed E-state index contributed by atoms with van der Waals surface area (Å²) in [6.07, 6.45) is -1.19. The number of aromatic nitrogens is 1. The lowest BCUT2D eigenvalue weighted by Crippen LogP contribution is -2.30. The Bertz CT molecular complexity index is 919. The molecule has 2 aromatic rings. The van der Waals surface area contributed by atoms with Crippen LogP contribution in [0, 0.1) is 0 Å². The molecule has 0 aliphatic rings. The van der Waals surface area contributed by atoms with Crippen LogP contribution in [0.2, 0.25) is 15.2 Å². The van der Waals surface area contributed by atoms with Crippen molar-refractivity contribution in [1.29, 1.82) is 0 Å². The van der Waals surface area contributed by atoms with E-state index in [4.69, 9.17) is 51.0 Å². The number of nitrogen functional groups attached to an aromatic ring is 1. The Hall–Kier alpha value is -2.55. The van der Waals surface area contributed by atoms with Crippen molar-refractivity contribution in [2.24, 2.45) is 5.73 Å². The number of rotatable bonds is 5. The lowest BCUT2D eigenvalue weighted by molar-refractivity contribution is -0.123. The number of anilines is 2. The van der Waals surface area contributed by atoms with Crippen molar-refractivity contribution in [3.8, 4) is 0 Å². The van der Waals surface area contributed by atoms with Gasteiger partial charge in [0.25, 0.3) is 5.91 Å². The molecule has 0 aliphatic carbocycles. The van der Waals surface area contributed by atoms with Gasteiger partial charge in [-0.3, -0.25) is 9.59 Å². The molecule has 0 fully saturated rings. The number of pyridine rings is 1. The zero-order valence-electron chi connectivity index (χ0n) is 13.8.